The number of ether oxygens (including phenoxy) is 1. The number of nitrogens with two attached hydrogens (primary N) is 1. The molecule has 0 spiro atoms. The molecule has 0 bridgehead atoms. The van der Waals surface area contributed by atoms with E-state index in [1.54, 1.807) is 6.92 Å². The summed E-state index contributed by atoms with van der Waals surface area (Å²) in [4.78, 5) is 36.4. The molecule has 0 aliphatic heterocycles. The number of nitrogens with zero attached hydrogens (tertiary/aromatic N) is 4. The minimum atomic E-state index is -0.674. The molecule has 0 atom stereocenters. The number of nitrogens with one attached hydrogen (secondary N) is 1. The third-order valence-corrected chi connectivity index (χ3v) is 6.90. The van der Waals surface area contributed by atoms with Crippen molar-refractivity contribution in [1.29, 1.82) is 0 Å². The zero-order valence-electron chi connectivity index (χ0n) is 17.5. The molecule has 31 heavy (non-hydrogen) atoms. The Kier molecular flexibility index (Phi) is 6.81. The minimum absolute atomic E-state index is 0.0413. The Balaban J connectivity index is 1.69. The van der Waals surface area contributed by atoms with Gasteiger partial charge in [0.05, 0.1) is 23.3 Å². The summed E-state index contributed by atoms with van der Waals surface area (Å²) in [5.41, 5.74) is 6.97. The lowest BCUT2D eigenvalue weighted by molar-refractivity contribution is -0.113. The first kappa shape index (κ1) is 22.6. The summed E-state index contributed by atoms with van der Waals surface area (Å²) in [6, 6.07) is 3.97. The van der Waals surface area contributed by atoms with Crippen molar-refractivity contribution < 1.29 is 19.1 Å². The lowest BCUT2D eigenvalue weighted by Crippen LogP contribution is -2.16. The van der Waals surface area contributed by atoms with Crippen LogP contribution in [0.15, 0.2) is 23.5 Å². The number of amides is 2. The molecule has 0 aliphatic rings. The maximum absolute atomic E-state index is 12.5. The van der Waals surface area contributed by atoms with E-state index in [4.69, 9.17) is 10.5 Å². The highest BCUT2D eigenvalue weighted by Crippen LogP contribution is 2.33. The topological polar surface area (TPSA) is 134 Å². The lowest BCUT2D eigenvalue weighted by Gasteiger charge is -2.07. The van der Waals surface area contributed by atoms with Crippen LogP contribution in [0.25, 0.3) is 0 Å². The summed E-state index contributed by atoms with van der Waals surface area (Å²) >= 11 is 2.16. The van der Waals surface area contributed by atoms with Crippen LogP contribution < -0.4 is 11.1 Å². The van der Waals surface area contributed by atoms with Gasteiger partial charge in [-0.3, -0.25) is 9.59 Å². The molecule has 0 radical (unpaired) electrons. The second kappa shape index (κ2) is 9.35. The summed E-state index contributed by atoms with van der Waals surface area (Å²) in [5, 5.41) is 11.9. The predicted octanol–water partition coefficient (Wildman–Crippen LogP) is 1.73. The highest BCUT2D eigenvalue weighted by atomic mass is 32.2. The van der Waals surface area contributed by atoms with Crippen LogP contribution in [0, 0.1) is 6.92 Å². The average Bonchev–Trinajstić information content (AvgIpc) is 3.39. The normalized spacial score (nSPS) is 10.8. The van der Waals surface area contributed by atoms with Gasteiger partial charge in [-0.05, 0) is 24.6 Å². The number of methoxy groups -OCH3 is 1. The van der Waals surface area contributed by atoms with Crippen LogP contribution in [0.1, 0.15) is 37.1 Å². The number of carbonyl (C=O) groups is 3. The van der Waals surface area contributed by atoms with E-state index in [2.05, 4.69) is 15.5 Å². The number of thioether (sulfide) groups is 1. The first-order chi connectivity index (χ1) is 14.7. The fraction of sp³-hybridized carbons (Fsp3) is 0.316. The van der Waals surface area contributed by atoms with E-state index in [1.165, 1.54) is 18.9 Å². The Labute approximate surface area is 186 Å². The van der Waals surface area contributed by atoms with Crippen molar-refractivity contribution >= 4 is 45.9 Å². The minimum Gasteiger partial charge on any atom is -0.465 e. The maximum atomic E-state index is 12.5. The van der Waals surface area contributed by atoms with Gasteiger partial charge in [0, 0.05) is 32.4 Å². The smallest absolute Gasteiger partial charge is 0.341 e. The molecule has 0 saturated carbocycles. The third-order valence-electron chi connectivity index (χ3n) is 4.66. The van der Waals surface area contributed by atoms with Crippen molar-refractivity contribution in [1.82, 2.24) is 19.3 Å². The summed E-state index contributed by atoms with van der Waals surface area (Å²) in [5.74, 6) is -0.869. The highest BCUT2D eigenvalue weighted by molar-refractivity contribution is 7.99. The Morgan fingerprint density at radius 2 is 2.03 bits per heavy atom. The second-order valence-corrected chi connectivity index (χ2v) is 8.66. The molecular weight excluding hydrogens is 440 g/mol. The Morgan fingerprint density at radius 3 is 2.65 bits per heavy atom. The summed E-state index contributed by atoms with van der Waals surface area (Å²) in [6.07, 6.45) is 2.58. The van der Waals surface area contributed by atoms with Crippen molar-refractivity contribution in [3.8, 4) is 0 Å². The van der Waals surface area contributed by atoms with Crippen LogP contribution in [-0.4, -0.2) is 50.0 Å². The molecule has 12 heteroatoms. The molecule has 3 heterocycles. The predicted molar refractivity (Wildman–Crippen MR) is 117 cm³/mol. The number of hydrogen-bond acceptors (Lipinski definition) is 8. The molecular formula is C19H22N6O4S2. The van der Waals surface area contributed by atoms with Gasteiger partial charge in [-0.25, -0.2) is 4.79 Å². The first-order valence-electron chi connectivity index (χ1n) is 9.15. The van der Waals surface area contributed by atoms with E-state index in [0.29, 0.717) is 17.1 Å². The Bertz CT molecular complexity index is 1150. The van der Waals surface area contributed by atoms with Crippen molar-refractivity contribution in [3.63, 3.8) is 0 Å². The van der Waals surface area contributed by atoms with E-state index < -0.39 is 11.9 Å². The molecule has 3 aromatic rings. The molecule has 0 aliphatic carbocycles. The van der Waals surface area contributed by atoms with Crippen molar-refractivity contribution in [2.45, 2.75) is 18.5 Å². The van der Waals surface area contributed by atoms with Crippen LogP contribution >= 0.6 is 23.1 Å². The SMILES string of the molecule is COC(=O)c1c(NC(=O)CSc2nnc(Cc3cccn3C)n2C)sc(C(N)=O)c1C. The fourth-order valence-electron chi connectivity index (χ4n) is 2.94. The number of carbonyl (C=O) groups excluding carboxylic acids is 3. The molecule has 164 valence electrons. The monoisotopic (exact) mass is 462 g/mol. The van der Waals surface area contributed by atoms with E-state index in [-0.39, 0.29) is 27.1 Å². The maximum Gasteiger partial charge on any atom is 0.341 e. The number of rotatable bonds is 8. The molecule has 0 fully saturated rings. The lowest BCUT2D eigenvalue weighted by atomic mass is 10.1. The second-order valence-electron chi connectivity index (χ2n) is 6.70. The Hall–Kier alpha value is -3.12. The van der Waals surface area contributed by atoms with E-state index in [1.807, 2.05) is 41.6 Å². The summed E-state index contributed by atoms with van der Waals surface area (Å²) in [6.45, 7) is 1.58. The van der Waals surface area contributed by atoms with Crippen molar-refractivity contribution in [2.75, 3.05) is 18.2 Å². The van der Waals surface area contributed by atoms with E-state index in [0.717, 1.165) is 22.9 Å². The van der Waals surface area contributed by atoms with Gasteiger partial charge in [0.25, 0.3) is 5.91 Å². The van der Waals surface area contributed by atoms with Crippen molar-refractivity contribution in [3.05, 3.63) is 45.9 Å². The number of anilines is 1. The zero-order valence-corrected chi connectivity index (χ0v) is 19.1. The Morgan fingerprint density at radius 1 is 1.29 bits per heavy atom. The molecule has 0 saturated heterocycles. The van der Waals surface area contributed by atoms with Crippen LogP contribution in [0.2, 0.25) is 0 Å². The van der Waals surface area contributed by atoms with Crippen LogP contribution in [0.4, 0.5) is 5.00 Å². The number of aryl methyl sites for hydroxylation is 1. The largest absolute Gasteiger partial charge is 0.465 e. The summed E-state index contributed by atoms with van der Waals surface area (Å²) in [7, 11) is 5.03. The quantitative estimate of drug-likeness (QED) is 0.384. The standard InChI is InChI=1S/C19H22N6O4S2/c1-10-14(18(28)29-4)17(31-15(10)16(20)27)21-13(26)9-30-19-23-22-12(25(19)3)8-11-6-5-7-24(11)2/h5-7H,8-9H2,1-4H3,(H2,20,27)(H,21,26). The number of primary amides is 1. The molecule has 10 nitrogen and oxygen atoms in total. The molecule has 0 aromatic carbocycles. The zero-order chi connectivity index (χ0) is 22.7. The van der Waals surface area contributed by atoms with Gasteiger partial charge < -0.3 is 24.9 Å². The number of hydrogen-bond donors (Lipinski definition) is 2. The van der Waals surface area contributed by atoms with E-state index in [9.17, 15) is 14.4 Å². The van der Waals surface area contributed by atoms with E-state index >= 15 is 0 Å². The van der Waals surface area contributed by atoms with Gasteiger partial charge in [-0.2, -0.15) is 0 Å². The summed E-state index contributed by atoms with van der Waals surface area (Å²) < 4.78 is 8.62. The molecule has 3 N–H and O–H groups in total. The van der Waals surface area contributed by atoms with Gasteiger partial charge in [0.2, 0.25) is 5.91 Å². The fourth-order valence-corrected chi connectivity index (χ4v) is 4.74. The molecule has 0 unspecified atom stereocenters. The van der Waals surface area contributed by atoms with Crippen molar-refractivity contribution in [2.24, 2.45) is 19.8 Å². The number of thiophene rings is 1. The molecule has 3 aromatic heterocycles. The molecule has 2 amide bonds. The van der Waals surface area contributed by atoms with Gasteiger partial charge in [-0.15, -0.1) is 21.5 Å². The molecule has 3 rings (SSSR count). The van der Waals surface area contributed by atoms with Crippen LogP contribution in [-0.2, 0) is 30.0 Å². The average molecular weight is 463 g/mol. The van der Waals surface area contributed by atoms with Crippen LogP contribution in [0.5, 0.6) is 0 Å². The number of aromatic nitrogens is 4. The van der Waals surface area contributed by atoms with Gasteiger partial charge in [0.1, 0.15) is 10.8 Å². The first-order valence-corrected chi connectivity index (χ1v) is 11.0. The highest BCUT2D eigenvalue weighted by Gasteiger charge is 2.25. The number of esters is 1. The third kappa shape index (κ3) is 4.80. The van der Waals surface area contributed by atoms with Gasteiger partial charge in [0.15, 0.2) is 5.16 Å². The van der Waals surface area contributed by atoms with Gasteiger partial charge in [-0.1, -0.05) is 11.8 Å². The van der Waals surface area contributed by atoms with Gasteiger partial charge >= 0.3 is 5.97 Å². The van der Waals surface area contributed by atoms with Crippen LogP contribution in [0.3, 0.4) is 0 Å².